The summed E-state index contributed by atoms with van der Waals surface area (Å²) >= 11 is 0. The molecule has 0 spiro atoms. The molecule has 0 amide bonds. The molecule has 0 radical (unpaired) electrons. The monoisotopic (exact) mass is 332 g/mol. The van der Waals surface area contributed by atoms with Crippen molar-refractivity contribution in [2.24, 2.45) is 34.4 Å². The van der Waals surface area contributed by atoms with Gasteiger partial charge in [-0.25, -0.2) is 0 Å². The van der Waals surface area contributed by atoms with Gasteiger partial charge >= 0.3 is 17.1 Å². The van der Waals surface area contributed by atoms with Crippen LogP contribution in [0.15, 0.2) is 0 Å². The van der Waals surface area contributed by atoms with Crippen LogP contribution in [-0.2, 0) is 27.5 Å². The third-order valence-electron chi connectivity index (χ3n) is 0.500. The Hall–Kier alpha value is 0.149. The summed E-state index contributed by atoms with van der Waals surface area (Å²) < 4.78 is 34.1. The Bertz CT molecular complexity index is 171. The van der Waals surface area contributed by atoms with Gasteiger partial charge in [0.2, 0.25) is 0 Å². The van der Waals surface area contributed by atoms with Crippen molar-refractivity contribution < 1.29 is 34.6 Å². The molecule has 18 heavy (non-hydrogen) atoms. The maximum absolute atomic E-state index is 8.52. The molecular weight excluding hydrogens is 308 g/mol. The van der Waals surface area contributed by atoms with Gasteiger partial charge in [-0.1, -0.05) is 0 Å². The van der Waals surface area contributed by atoms with Crippen LogP contribution in [-0.4, -0.2) is 56.8 Å². The van der Waals surface area contributed by atoms with Crippen molar-refractivity contribution in [2.75, 3.05) is 39.3 Å². The van der Waals surface area contributed by atoms with E-state index in [1.807, 2.05) is 0 Å². The summed E-state index contributed by atoms with van der Waals surface area (Å²) in [5.41, 5.74) is 29.4. The molecular formula is C6H24FeN6O4S. The van der Waals surface area contributed by atoms with Gasteiger partial charge in [0.25, 0.3) is 0 Å². The van der Waals surface area contributed by atoms with E-state index in [2.05, 4.69) is 0 Å². The van der Waals surface area contributed by atoms with Crippen LogP contribution in [0.1, 0.15) is 0 Å². The van der Waals surface area contributed by atoms with E-state index in [-0.39, 0.29) is 17.1 Å². The number of nitrogens with two attached hydrogens (primary N) is 6. The fourth-order valence-electron chi connectivity index (χ4n) is 0. The Balaban J connectivity index is -0.0000000412. The fourth-order valence-corrected chi connectivity index (χ4v) is 0. The summed E-state index contributed by atoms with van der Waals surface area (Å²) in [7, 11) is -5.17. The Morgan fingerprint density at radius 1 is 0.611 bits per heavy atom. The minimum absolute atomic E-state index is 0. The molecule has 0 aliphatic carbocycles. The van der Waals surface area contributed by atoms with Gasteiger partial charge in [0.05, 0.1) is 0 Å². The second-order valence-electron chi connectivity index (χ2n) is 2.14. The van der Waals surface area contributed by atoms with Crippen molar-refractivity contribution in [3.8, 4) is 0 Å². The first-order valence-corrected chi connectivity index (χ1v) is 5.95. The molecule has 0 aromatic heterocycles. The molecule has 0 fully saturated rings. The molecule has 0 aromatic rings. The minimum Gasteiger partial charge on any atom is -0.759 e. The van der Waals surface area contributed by atoms with Gasteiger partial charge < -0.3 is 43.5 Å². The Morgan fingerprint density at radius 3 is 0.667 bits per heavy atom. The van der Waals surface area contributed by atoms with Gasteiger partial charge in [0.15, 0.2) is 0 Å². The van der Waals surface area contributed by atoms with Crippen molar-refractivity contribution in [1.29, 1.82) is 0 Å². The molecule has 12 heteroatoms. The van der Waals surface area contributed by atoms with Crippen LogP contribution in [0, 0.1) is 0 Å². The fraction of sp³-hybridized carbons (Fsp3) is 1.00. The first-order valence-electron chi connectivity index (χ1n) is 4.62. The third-order valence-corrected chi connectivity index (χ3v) is 0.500. The summed E-state index contributed by atoms with van der Waals surface area (Å²) in [6.07, 6.45) is 0. The minimum atomic E-state index is -5.17. The van der Waals surface area contributed by atoms with Gasteiger partial charge in [-0.3, -0.25) is 8.42 Å². The molecule has 10 nitrogen and oxygen atoms in total. The zero-order valence-electron chi connectivity index (χ0n) is 10.1. The normalized spacial score (nSPS) is 8.22. The van der Waals surface area contributed by atoms with E-state index in [9.17, 15) is 0 Å². The van der Waals surface area contributed by atoms with Crippen LogP contribution in [0.25, 0.3) is 0 Å². The van der Waals surface area contributed by atoms with Crippen molar-refractivity contribution in [3.05, 3.63) is 0 Å². The van der Waals surface area contributed by atoms with Gasteiger partial charge in [0, 0.05) is 49.7 Å². The Kier molecular flexibility index (Phi) is 52.0. The molecule has 0 saturated carbocycles. The van der Waals surface area contributed by atoms with Gasteiger partial charge in [-0.05, 0) is 0 Å². The second kappa shape index (κ2) is 30.3. The predicted octanol–water partition coefficient (Wildman–Crippen LogP) is -4.63. The third kappa shape index (κ3) is 374. The SMILES string of the molecule is NCCN.NCCN.NCCN.O=S(=O)([O-])[O-].[Fe+2]. The zero-order valence-corrected chi connectivity index (χ0v) is 12.0. The molecule has 0 aromatic carbocycles. The number of hydrogen-bond donors (Lipinski definition) is 6. The van der Waals surface area contributed by atoms with Crippen molar-refractivity contribution in [2.45, 2.75) is 0 Å². The van der Waals surface area contributed by atoms with Gasteiger partial charge in [-0.15, -0.1) is 0 Å². The van der Waals surface area contributed by atoms with Crippen molar-refractivity contribution in [1.82, 2.24) is 0 Å². The van der Waals surface area contributed by atoms with E-state index in [1.165, 1.54) is 0 Å². The summed E-state index contributed by atoms with van der Waals surface area (Å²) in [6, 6.07) is 0. The maximum atomic E-state index is 8.52. The van der Waals surface area contributed by atoms with E-state index in [0.29, 0.717) is 39.3 Å². The topological polar surface area (TPSA) is 236 Å². The molecule has 0 heterocycles. The molecule has 0 atom stereocenters. The zero-order chi connectivity index (χ0) is 14.7. The maximum Gasteiger partial charge on any atom is 2.00 e. The van der Waals surface area contributed by atoms with Crippen LogP contribution < -0.4 is 34.4 Å². The smallest absolute Gasteiger partial charge is 0.759 e. The molecule has 0 rings (SSSR count). The van der Waals surface area contributed by atoms with E-state index in [0.717, 1.165) is 0 Å². The molecule has 0 aliphatic rings. The quantitative estimate of drug-likeness (QED) is 0.164. The van der Waals surface area contributed by atoms with Crippen LogP contribution in [0.4, 0.5) is 0 Å². The second-order valence-corrected chi connectivity index (χ2v) is 2.96. The van der Waals surface area contributed by atoms with E-state index >= 15 is 0 Å². The van der Waals surface area contributed by atoms with Crippen molar-refractivity contribution >= 4 is 10.4 Å². The first-order chi connectivity index (χ1) is 7.74. The number of rotatable bonds is 3. The molecule has 0 unspecified atom stereocenters. The summed E-state index contributed by atoms with van der Waals surface area (Å²) in [6.45, 7) is 3.58. The Morgan fingerprint density at radius 2 is 0.667 bits per heavy atom. The van der Waals surface area contributed by atoms with E-state index in [1.54, 1.807) is 0 Å². The summed E-state index contributed by atoms with van der Waals surface area (Å²) in [4.78, 5) is 0. The Labute approximate surface area is 119 Å². The molecule has 0 saturated heterocycles. The number of hydrogen-bond acceptors (Lipinski definition) is 10. The van der Waals surface area contributed by atoms with Crippen LogP contribution in [0.5, 0.6) is 0 Å². The molecule has 0 bridgehead atoms. The molecule has 12 N–H and O–H groups in total. The van der Waals surface area contributed by atoms with Crippen LogP contribution in [0.2, 0.25) is 0 Å². The predicted molar refractivity (Wildman–Crippen MR) is 64.8 cm³/mol. The van der Waals surface area contributed by atoms with E-state index < -0.39 is 10.4 Å². The molecule has 116 valence electrons. The van der Waals surface area contributed by atoms with Crippen molar-refractivity contribution in [3.63, 3.8) is 0 Å². The largest absolute Gasteiger partial charge is 2.00 e. The van der Waals surface area contributed by atoms with Gasteiger partial charge in [-0.2, -0.15) is 0 Å². The average Bonchev–Trinajstić information content (AvgIpc) is 2.27. The van der Waals surface area contributed by atoms with E-state index in [4.69, 9.17) is 51.9 Å². The van der Waals surface area contributed by atoms with Gasteiger partial charge in [0.1, 0.15) is 0 Å². The first kappa shape index (κ1) is 30.9. The van der Waals surface area contributed by atoms with Crippen LogP contribution in [0.3, 0.4) is 0 Å². The summed E-state index contributed by atoms with van der Waals surface area (Å²) in [5, 5.41) is 0. The molecule has 0 aliphatic heterocycles. The standard InChI is InChI=1S/3C2H8N2.Fe.H2O4S/c3*3-1-2-4;;1-5(2,3)4/h3*1-4H2;;(H2,1,2,3,4)/q;;;+2;/p-2. The van der Waals surface area contributed by atoms with Crippen LogP contribution >= 0.6 is 0 Å². The summed E-state index contributed by atoms with van der Waals surface area (Å²) in [5.74, 6) is 0. The average molecular weight is 332 g/mol.